The Morgan fingerprint density at radius 3 is 2.26 bits per heavy atom. The molecule has 0 saturated heterocycles. The average Bonchev–Trinajstić information content (AvgIpc) is 3.27. The zero-order valence-corrected chi connectivity index (χ0v) is 19.1. The highest BCUT2D eigenvalue weighted by Gasteiger charge is 2.18. The standard InChI is InChI=1S/C24H20F2N4O3S/c1-32-19-11-12-21(33-2)20(13-19)27-22(31)14-34-24-29-28-23(15-3-5-16(25)6-4-15)30(24)18-9-7-17(26)8-10-18/h3-13H,14H2,1-2H3,(H,27,31). The highest BCUT2D eigenvalue weighted by molar-refractivity contribution is 7.99. The lowest BCUT2D eigenvalue weighted by molar-refractivity contribution is -0.113. The smallest absolute Gasteiger partial charge is 0.234 e. The van der Waals surface area contributed by atoms with Crippen molar-refractivity contribution in [1.29, 1.82) is 0 Å². The number of carbonyl (C=O) groups excluding carboxylic acids is 1. The van der Waals surface area contributed by atoms with Crippen molar-refractivity contribution < 1.29 is 23.0 Å². The predicted molar refractivity (Wildman–Crippen MR) is 126 cm³/mol. The second-order valence-electron chi connectivity index (χ2n) is 7.03. The predicted octanol–water partition coefficient (Wildman–Crippen LogP) is 4.96. The number of hydrogen-bond acceptors (Lipinski definition) is 6. The van der Waals surface area contributed by atoms with Crippen molar-refractivity contribution in [2.45, 2.75) is 5.16 Å². The number of nitrogens with one attached hydrogen (secondary N) is 1. The fraction of sp³-hybridized carbons (Fsp3) is 0.125. The van der Waals surface area contributed by atoms with Gasteiger partial charge >= 0.3 is 0 Å². The van der Waals surface area contributed by atoms with Crippen LogP contribution < -0.4 is 14.8 Å². The van der Waals surface area contributed by atoms with Gasteiger partial charge in [-0.3, -0.25) is 9.36 Å². The number of ether oxygens (including phenoxy) is 2. The number of aromatic nitrogens is 3. The summed E-state index contributed by atoms with van der Waals surface area (Å²) in [5, 5.41) is 11.7. The van der Waals surface area contributed by atoms with E-state index in [2.05, 4.69) is 15.5 Å². The monoisotopic (exact) mass is 482 g/mol. The van der Waals surface area contributed by atoms with Crippen LogP contribution in [0.2, 0.25) is 0 Å². The molecule has 3 aromatic carbocycles. The number of anilines is 1. The molecule has 0 saturated carbocycles. The van der Waals surface area contributed by atoms with Crippen molar-refractivity contribution in [3.05, 3.63) is 78.4 Å². The van der Waals surface area contributed by atoms with Gasteiger partial charge in [-0.25, -0.2) is 8.78 Å². The van der Waals surface area contributed by atoms with Crippen molar-refractivity contribution in [2.75, 3.05) is 25.3 Å². The summed E-state index contributed by atoms with van der Waals surface area (Å²) in [5.74, 6) is 0.452. The largest absolute Gasteiger partial charge is 0.497 e. The summed E-state index contributed by atoms with van der Waals surface area (Å²) in [5.41, 5.74) is 1.69. The normalized spacial score (nSPS) is 10.7. The summed E-state index contributed by atoms with van der Waals surface area (Å²) in [6, 6.07) is 16.7. The summed E-state index contributed by atoms with van der Waals surface area (Å²) in [4.78, 5) is 12.7. The summed E-state index contributed by atoms with van der Waals surface area (Å²) in [6.45, 7) is 0. The number of methoxy groups -OCH3 is 2. The van der Waals surface area contributed by atoms with E-state index >= 15 is 0 Å². The first-order valence-corrected chi connectivity index (χ1v) is 11.1. The third-order valence-electron chi connectivity index (χ3n) is 4.83. The molecular formula is C24H20F2N4O3S. The van der Waals surface area contributed by atoms with Crippen LogP contribution in [0.4, 0.5) is 14.5 Å². The highest BCUT2D eigenvalue weighted by Crippen LogP contribution is 2.31. The van der Waals surface area contributed by atoms with E-state index in [1.165, 1.54) is 38.5 Å². The Kier molecular flexibility index (Phi) is 7.07. The topological polar surface area (TPSA) is 78.3 Å². The minimum atomic E-state index is -0.388. The van der Waals surface area contributed by atoms with Crippen LogP contribution in [-0.4, -0.2) is 40.6 Å². The minimum absolute atomic E-state index is 0.0170. The van der Waals surface area contributed by atoms with Crippen LogP contribution in [-0.2, 0) is 4.79 Å². The number of thioether (sulfide) groups is 1. The number of nitrogens with zero attached hydrogens (tertiary/aromatic N) is 3. The maximum atomic E-state index is 13.5. The molecule has 0 bridgehead atoms. The third-order valence-corrected chi connectivity index (χ3v) is 5.76. The molecule has 1 aromatic heterocycles. The molecule has 4 rings (SSSR count). The quantitative estimate of drug-likeness (QED) is 0.358. The fourth-order valence-corrected chi connectivity index (χ4v) is 3.95. The first-order chi connectivity index (χ1) is 16.5. The molecule has 4 aromatic rings. The highest BCUT2D eigenvalue weighted by atomic mass is 32.2. The van der Waals surface area contributed by atoms with Crippen LogP contribution in [0.25, 0.3) is 17.1 Å². The molecule has 0 unspecified atom stereocenters. The Labute approximate surface area is 198 Å². The van der Waals surface area contributed by atoms with E-state index in [4.69, 9.17) is 9.47 Å². The average molecular weight is 483 g/mol. The SMILES string of the molecule is COc1ccc(OC)c(NC(=O)CSc2nnc(-c3ccc(F)cc3)n2-c2ccc(F)cc2)c1. The minimum Gasteiger partial charge on any atom is -0.497 e. The van der Waals surface area contributed by atoms with E-state index in [-0.39, 0.29) is 23.3 Å². The number of rotatable bonds is 8. The van der Waals surface area contributed by atoms with Gasteiger partial charge in [0.05, 0.1) is 25.7 Å². The molecule has 0 spiro atoms. The van der Waals surface area contributed by atoms with Gasteiger partial charge in [0, 0.05) is 17.3 Å². The van der Waals surface area contributed by atoms with Gasteiger partial charge in [-0.05, 0) is 60.7 Å². The molecule has 0 aliphatic carbocycles. The molecule has 0 atom stereocenters. The summed E-state index contributed by atoms with van der Waals surface area (Å²) in [7, 11) is 3.04. The van der Waals surface area contributed by atoms with E-state index < -0.39 is 0 Å². The molecule has 0 fully saturated rings. The van der Waals surface area contributed by atoms with Crippen LogP contribution in [0.15, 0.2) is 71.9 Å². The van der Waals surface area contributed by atoms with Crippen molar-refractivity contribution in [3.63, 3.8) is 0 Å². The van der Waals surface area contributed by atoms with Gasteiger partial charge in [-0.1, -0.05) is 11.8 Å². The van der Waals surface area contributed by atoms with Gasteiger partial charge in [0.15, 0.2) is 11.0 Å². The van der Waals surface area contributed by atoms with Crippen LogP contribution in [0, 0.1) is 11.6 Å². The Morgan fingerprint density at radius 1 is 0.941 bits per heavy atom. The Bertz CT molecular complexity index is 1290. The summed E-state index contributed by atoms with van der Waals surface area (Å²) < 4.78 is 39.1. The molecule has 0 aliphatic heterocycles. The maximum absolute atomic E-state index is 13.5. The molecule has 0 radical (unpaired) electrons. The number of carbonyl (C=O) groups is 1. The molecule has 34 heavy (non-hydrogen) atoms. The first-order valence-electron chi connectivity index (χ1n) is 10.1. The molecule has 0 aliphatic rings. The zero-order chi connectivity index (χ0) is 24.1. The lowest BCUT2D eigenvalue weighted by Gasteiger charge is -2.12. The molecular weight excluding hydrogens is 462 g/mol. The molecule has 1 N–H and O–H groups in total. The zero-order valence-electron chi connectivity index (χ0n) is 18.3. The van der Waals surface area contributed by atoms with E-state index in [0.29, 0.717) is 39.4 Å². The molecule has 10 heteroatoms. The second-order valence-corrected chi connectivity index (χ2v) is 7.97. The van der Waals surface area contributed by atoms with Crippen LogP contribution in [0.1, 0.15) is 0 Å². The van der Waals surface area contributed by atoms with Crippen LogP contribution in [0.5, 0.6) is 11.5 Å². The summed E-state index contributed by atoms with van der Waals surface area (Å²) >= 11 is 1.15. The van der Waals surface area contributed by atoms with Gasteiger partial charge in [0.2, 0.25) is 5.91 Å². The lowest BCUT2D eigenvalue weighted by atomic mass is 10.2. The summed E-state index contributed by atoms with van der Waals surface area (Å²) in [6.07, 6.45) is 0. The number of amides is 1. The van der Waals surface area contributed by atoms with Crippen molar-refractivity contribution in [3.8, 4) is 28.6 Å². The molecule has 1 amide bonds. The first kappa shape index (κ1) is 23.2. The number of benzene rings is 3. The Balaban J connectivity index is 1.59. The van der Waals surface area contributed by atoms with Gasteiger partial charge in [-0.2, -0.15) is 0 Å². The van der Waals surface area contributed by atoms with E-state index in [1.807, 2.05) is 0 Å². The van der Waals surface area contributed by atoms with E-state index in [9.17, 15) is 13.6 Å². The fourth-order valence-electron chi connectivity index (χ4n) is 3.20. The maximum Gasteiger partial charge on any atom is 0.234 e. The van der Waals surface area contributed by atoms with Crippen LogP contribution >= 0.6 is 11.8 Å². The van der Waals surface area contributed by atoms with Gasteiger partial charge in [-0.15, -0.1) is 10.2 Å². The lowest BCUT2D eigenvalue weighted by Crippen LogP contribution is -2.15. The Morgan fingerprint density at radius 2 is 1.62 bits per heavy atom. The van der Waals surface area contributed by atoms with E-state index in [1.54, 1.807) is 47.0 Å². The van der Waals surface area contributed by atoms with E-state index in [0.717, 1.165) is 11.8 Å². The van der Waals surface area contributed by atoms with Crippen molar-refractivity contribution in [2.24, 2.45) is 0 Å². The molecule has 1 heterocycles. The van der Waals surface area contributed by atoms with Crippen molar-refractivity contribution in [1.82, 2.24) is 14.8 Å². The Hall–Kier alpha value is -3.92. The van der Waals surface area contributed by atoms with Gasteiger partial charge < -0.3 is 14.8 Å². The van der Waals surface area contributed by atoms with Gasteiger partial charge in [0.25, 0.3) is 0 Å². The molecule has 174 valence electrons. The number of hydrogen-bond donors (Lipinski definition) is 1. The van der Waals surface area contributed by atoms with Crippen molar-refractivity contribution >= 4 is 23.4 Å². The third kappa shape index (κ3) is 5.18. The van der Waals surface area contributed by atoms with Gasteiger partial charge in [0.1, 0.15) is 23.1 Å². The molecule has 7 nitrogen and oxygen atoms in total. The number of halogens is 2. The van der Waals surface area contributed by atoms with Crippen LogP contribution in [0.3, 0.4) is 0 Å². The second kappa shape index (κ2) is 10.3.